The maximum absolute atomic E-state index is 12.8. The molecule has 13 heavy (non-hydrogen) atoms. The van der Waals surface area contributed by atoms with Gasteiger partial charge in [-0.05, 0) is 17.7 Å². The van der Waals surface area contributed by atoms with Crippen molar-refractivity contribution in [2.45, 2.75) is 5.37 Å². The van der Waals surface area contributed by atoms with E-state index in [2.05, 4.69) is 5.32 Å². The molecule has 0 spiro atoms. The number of hydrogen-bond donors (Lipinski definition) is 1. The smallest absolute Gasteiger partial charge is 0.159 e. The van der Waals surface area contributed by atoms with E-state index >= 15 is 0 Å². The van der Waals surface area contributed by atoms with Gasteiger partial charge in [-0.25, -0.2) is 8.78 Å². The van der Waals surface area contributed by atoms with Crippen molar-refractivity contribution in [2.24, 2.45) is 0 Å². The van der Waals surface area contributed by atoms with E-state index in [0.717, 1.165) is 17.9 Å². The van der Waals surface area contributed by atoms with Crippen molar-refractivity contribution in [2.75, 3.05) is 12.3 Å². The highest BCUT2D eigenvalue weighted by Crippen LogP contribution is 2.30. The van der Waals surface area contributed by atoms with Gasteiger partial charge in [-0.3, -0.25) is 0 Å². The molecule has 0 saturated carbocycles. The summed E-state index contributed by atoms with van der Waals surface area (Å²) in [4.78, 5) is 0. The van der Waals surface area contributed by atoms with E-state index in [-0.39, 0.29) is 5.37 Å². The molecule has 4 heteroatoms. The summed E-state index contributed by atoms with van der Waals surface area (Å²) in [6.07, 6.45) is 0. The zero-order valence-electron chi connectivity index (χ0n) is 6.89. The van der Waals surface area contributed by atoms with Crippen LogP contribution in [0.5, 0.6) is 0 Å². The summed E-state index contributed by atoms with van der Waals surface area (Å²) in [5.41, 5.74) is 0.807. The fourth-order valence-electron chi connectivity index (χ4n) is 1.32. The number of rotatable bonds is 1. The van der Waals surface area contributed by atoms with Gasteiger partial charge in [0.15, 0.2) is 11.6 Å². The normalized spacial score (nSPS) is 22.2. The molecule has 0 aromatic heterocycles. The second-order valence-corrected chi connectivity index (χ2v) is 4.09. The Hall–Kier alpha value is -0.610. The van der Waals surface area contributed by atoms with E-state index in [9.17, 15) is 8.78 Å². The van der Waals surface area contributed by atoms with Crippen LogP contribution in [0.15, 0.2) is 18.2 Å². The highest BCUT2D eigenvalue weighted by Gasteiger charge is 2.17. The summed E-state index contributed by atoms with van der Waals surface area (Å²) >= 11 is 1.71. The molecule has 1 fully saturated rings. The third kappa shape index (κ3) is 1.84. The number of hydrogen-bond acceptors (Lipinski definition) is 2. The SMILES string of the molecule is Fc1ccc(C2NCCS2)cc1F. The van der Waals surface area contributed by atoms with Gasteiger partial charge < -0.3 is 5.32 Å². The van der Waals surface area contributed by atoms with E-state index in [1.54, 1.807) is 17.8 Å². The second-order valence-electron chi connectivity index (χ2n) is 2.88. The van der Waals surface area contributed by atoms with Crippen LogP contribution in [0.3, 0.4) is 0 Å². The fourth-order valence-corrected chi connectivity index (χ4v) is 2.36. The highest BCUT2D eigenvalue weighted by atomic mass is 32.2. The van der Waals surface area contributed by atoms with Gasteiger partial charge in [0.2, 0.25) is 0 Å². The average Bonchev–Trinajstić information content (AvgIpc) is 2.62. The van der Waals surface area contributed by atoms with Gasteiger partial charge in [-0.1, -0.05) is 6.07 Å². The molecule has 0 amide bonds. The minimum absolute atomic E-state index is 0.120. The first-order valence-electron chi connectivity index (χ1n) is 4.07. The van der Waals surface area contributed by atoms with Crippen LogP contribution < -0.4 is 5.32 Å². The Kier molecular flexibility index (Phi) is 2.51. The first-order chi connectivity index (χ1) is 6.27. The van der Waals surface area contributed by atoms with Crippen LogP contribution in [0, 0.1) is 11.6 Å². The number of nitrogens with one attached hydrogen (secondary N) is 1. The molecule has 1 N–H and O–H groups in total. The van der Waals surface area contributed by atoms with Crippen LogP contribution in [0.1, 0.15) is 10.9 Å². The molecule has 1 aliphatic rings. The molecule has 1 unspecified atom stereocenters. The summed E-state index contributed by atoms with van der Waals surface area (Å²) in [5, 5.41) is 3.31. The Morgan fingerprint density at radius 2 is 2.15 bits per heavy atom. The highest BCUT2D eigenvalue weighted by molar-refractivity contribution is 7.99. The molecule has 1 aromatic carbocycles. The number of thioether (sulfide) groups is 1. The van der Waals surface area contributed by atoms with Crippen LogP contribution in [-0.4, -0.2) is 12.3 Å². The zero-order valence-corrected chi connectivity index (χ0v) is 7.70. The van der Waals surface area contributed by atoms with E-state index < -0.39 is 11.6 Å². The lowest BCUT2D eigenvalue weighted by Crippen LogP contribution is -2.12. The molecule has 2 rings (SSSR count). The summed E-state index contributed by atoms with van der Waals surface area (Å²) in [6, 6.07) is 4.05. The average molecular weight is 201 g/mol. The van der Waals surface area contributed by atoms with Crippen molar-refractivity contribution < 1.29 is 8.78 Å². The zero-order chi connectivity index (χ0) is 9.26. The van der Waals surface area contributed by atoms with Crippen molar-refractivity contribution in [3.8, 4) is 0 Å². The lowest BCUT2D eigenvalue weighted by atomic mass is 10.2. The van der Waals surface area contributed by atoms with Crippen molar-refractivity contribution in [3.05, 3.63) is 35.4 Å². The Balaban J connectivity index is 2.25. The predicted molar refractivity (Wildman–Crippen MR) is 49.6 cm³/mol. The predicted octanol–water partition coefficient (Wildman–Crippen LogP) is 2.30. The third-order valence-corrected chi connectivity index (χ3v) is 3.17. The van der Waals surface area contributed by atoms with Gasteiger partial charge in [-0.2, -0.15) is 0 Å². The number of halogens is 2. The molecule has 0 aliphatic carbocycles. The first-order valence-corrected chi connectivity index (χ1v) is 5.12. The van der Waals surface area contributed by atoms with Crippen LogP contribution in [0.2, 0.25) is 0 Å². The molecule has 1 aliphatic heterocycles. The van der Waals surface area contributed by atoms with Gasteiger partial charge in [0.05, 0.1) is 5.37 Å². The molecule has 0 bridgehead atoms. The molecule has 1 heterocycles. The summed E-state index contributed by atoms with van der Waals surface area (Å²) in [7, 11) is 0. The third-order valence-electron chi connectivity index (χ3n) is 1.96. The van der Waals surface area contributed by atoms with Crippen LogP contribution in [-0.2, 0) is 0 Å². The van der Waals surface area contributed by atoms with Crippen molar-refractivity contribution in [3.63, 3.8) is 0 Å². The quantitative estimate of drug-likeness (QED) is 0.748. The van der Waals surface area contributed by atoms with Gasteiger partial charge in [0.1, 0.15) is 0 Å². The Labute approximate surface area is 79.5 Å². The lowest BCUT2D eigenvalue weighted by Gasteiger charge is -2.09. The molecule has 0 radical (unpaired) electrons. The van der Waals surface area contributed by atoms with Gasteiger partial charge >= 0.3 is 0 Å². The first kappa shape index (κ1) is 8.97. The molecule has 1 saturated heterocycles. The van der Waals surface area contributed by atoms with Crippen molar-refractivity contribution in [1.29, 1.82) is 0 Å². The topological polar surface area (TPSA) is 12.0 Å². The lowest BCUT2D eigenvalue weighted by molar-refractivity contribution is 0.506. The van der Waals surface area contributed by atoms with Crippen LogP contribution >= 0.6 is 11.8 Å². The van der Waals surface area contributed by atoms with Crippen LogP contribution in [0.25, 0.3) is 0 Å². The molecule has 1 atom stereocenters. The molecule has 1 nitrogen and oxygen atoms in total. The van der Waals surface area contributed by atoms with Crippen molar-refractivity contribution >= 4 is 11.8 Å². The van der Waals surface area contributed by atoms with Gasteiger partial charge in [-0.15, -0.1) is 11.8 Å². The van der Waals surface area contributed by atoms with Crippen LogP contribution in [0.4, 0.5) is 8.78 Å². The molecule has 1 aromatic rings. The number of benzene rings is 1. The molecular weight excluding hydrogens is 192 g/mol. The van der Waals surface area contributed by atoms with Gasteiger partial charge in [0, 0.05) is 12.3 Å². The van der Waals surface area contributed by atoms with E-state index in [0.29, 0.717) is 0 Å². The summed E-state index contributed by atoms with van der Waals surface area (Å²) < 4.78 is 25.4. The standard InChI is InChI=1S/C9H9F2NS/c10-7-2-1-6(5-8(7)11)9-12-3-4-13-9/h1-2,5,9,12H,3-4H2. The van der Waals surface area contributed by atoms with E-state index in [4.69, 9.17) is 0 Å². The Bertz CT molecular complexity index is 310. The maximum Gasteiger partial charge on any atom is 0.159 e. The molecule has 70 valence electrons. The minimum Gasteiger partial charge on any atom is -0.301 e. The monoisotopic (exact) mass is 201 g/mol. The van der Waals surface area contributed by atoms with E-state index in [1.807, 2.05) is 0 Å². The minimum atomic E-state index is -0.785. The maximum atomic E-state index is 12.8. The summed E-state index contributed by atoms with van der Waals surface area (Å²) in [5.74, 6) is -0.539. The summed E-state index contributed by atoms with van der Waals surface area (Å²) in [6.45, 7) is 0.925. The fraction of sp³-hybridized carbons (Fsp3) is 0.333. The van der Waals surface area contributed by atoms with Crippen molar-refractivity contribution in [1.82, 2.24) is 5.32 Å². The molecular formula is C9H9F2NS. The largest absolute Gasteiger partial charge is 0.301 e. The second kappa shape index (κ2) is 3.64. The van der Waals surface area contributed by atoms with Gasteiger partial charge in [0.25, 0.3) is 0 Å². The Morgan fingerprint density at radius 1 is 1.31 bits per heavy atom. The Morgan fingerprint density at radius 3 is 2.77 bits per heavy atom. The van der Waals surface area contributed by atoms with E-state index in [1.165, 1.54) is 12.1 Å².